The van der Waals surface area contributed by atoms with Crippen LogP contribution in [0.4, 0.5) is 0 Å². The molecule has 0 fully saturated rings. The summed E-state index contributed by atoms with van der Waals surface area (Å²) in [6, 6.07) is 6.33. The van der Waals surface area contributed by atoms with Gasteiger partial charge in [0.15, 0.2) is 5.58 Å². The third kappa shape index (κ3) is 1.95. The quantitative estimate of drug-likeness (QED) is 0.842. The Labute approximate surface area is 95.8 Å². The second kappa shape index (κ2) is 3.91. The molecule has 1 N–H and O–H groups in total. The summed E-state index contributed by atoms with van der Waals surface area (Å²) in [6.45, 7) is 7.32. The molecule has 0 saturated heterocycles. The summed E-state index contributed by atoms with van der Waals surface area (Å²) in [4.78, 5) is 0. The molecule has 16 heavy (non-hydrogen) atoms. The van der Waals surface area contributed by atoms with Crippen molar-refractivity contribution in [3.63, 3.8) is 0 Å². The fraction of sp³-hybridized carbons (Fsp3) is 0.462. The molecule has 1 heterocycles. The van der Waals surface area contributed by atoms with E-state index in [-0.39, 0.29) is 5.41 Å². The summed E-state index contributed by atoms with van der Waals surface area (Å²) in [5.41, 5.74) is 3.26. The largest absolute Gasteiger partial charge is 0.356 e. The van der Waals surface area contributed by atoms with E-state index in [2.05, 4.69) is 49.4 Å². The lowest BCUT2D eigenvalue weighted by Gasteiger charge is -2.18. The lowest BCUT2D eigenvalue weighted by molar-refractivity contribution is 0.442. The van der Waals surface area contributed by atoms with Gasteiger partial charge in [-0.05, 0) is 30.2 Å². The third-order valence-electron chi connectivity index (χ3n) is 2.76. The Hall–Kier alpha value is -1.35. The highest BCUT2D eigenvalue weighted by molar-refractivity contribution is 5.80. The van der Waals surface area contributed by atoms with Crippen LogP contribution in [0.2, 0.25) is 0 Å². The highest BCUT2D eigenvalue weighted by Crippen LogP contribution is 2.27. The summed E-state index contributed by atoms with van der Waals surface area (Å²) in [5.74, 6) is 0. The number of aromatic nitrogens is 1. The standard InChI is InChI=1S/C13H18N2O/c1-13(2,3)9-5-6-10-11(8-14-4)15-16-12(10)7-9/h5-7,14H,8H2,1-4H3. The zero-order chi connectivity index (χ0) is 11.8. The molecular weight excluding hydrogens is 200 g/mol. The molecule has 0 spiro atoms. The fourth-order valence-electron chi connectivity index (χ4n) is 1.75. The molecule has 1 aromatic carbocycles. The van der Waals surface area contributed by atoms with Crippen molar-refractivity contribution < 1.29 is 4.52 Å². The Balaban J connectivity index is 2.49. The first-order chi connectivity index (χ1) is 7.52. The van der Waals surface area contributed by atoms with Crippen LogP contribution in [-0.2, 0) is 12.0 Å². The Kier molecular flexibility index (Phi) is 2.72. The molecule has 3 heteroatoms. The zero-order valence-corrected chi connectivity index (χ0v) is 10.3. The lowest BCUT2D eigenvalue weighted by atomic mass is 9.87. The van der Waals surface area contributed by atoms with Crippen molar-refractivity contribution in [1.82, 2.24) is 10.5 Å². The molecule has 0 radical (unpaired) electrons. The van der Waals surface area contributed by atoms with Crippen molar-refractivity contribution >= 4 is 11.0 Å². The van der Waals surface area contributed by atoms with E-state index < -0.39 is 0 Å². The average Bonchev–Trinajstić information content (AvgIpc) is 2.60. The monoisotopic (exact) mass is 218 g/mol. The second-order valence-corrected chi connectivity index (χ2v) is 5.12. The van der Waals surface area contributed by atoms with Crippen LogP contribution in [0.3, 0.4) is 0 Å². The molecule has 3 nitrogen and oxygen atoms in total. The van der Waals surface area contributed by atoms with Gasteiger partial charge < -0.3 is 9.84 Å². The minimum Gasteiger partial charge on any atom is -0.356 e. The van der Waals surface area contributed by atoms with Gasteiger partial charge in [0.1, 0.15) is 5.69 Å². The highest BCUT2D eigenvalue weighted by Gasteiger charge is 2.16. The van der Waals surface area contributed by atoms with Crippen LogP contribution < -0.4 is 5.32 Å². The number of rotatable bonds is 2. The molecular formula is C13H18N2O. The van der Waals surface area contributed by atoms with Crippen LogP contribution in [0.15, 0.2) is 22.7 Å². The second-order valence-electron chi connectivity index (χ2n) is 5.12. The van der Waals surface area contributed by atoms with Crippen LogP contribution in [0, 0.1) is 0 Å². The topological polar surface area (TPSA) is 38.1 Å². The van der Waals surface area contributed by atoms with Gasteiger partial charge in [-0.2, -0.15) is 0 Å². The van der Waals surface area contributed by atoms with Crippen LogP contribution in [-0.4, -0.2) is 12.2 Å². The van der Waals surface area contributed by atoms with Crippen LogP contribution in [0.25, 0.3) is 11.0 Å². The van der Waals surface area contributed by atoms with Crippen molar-refractivity contribution in [2.24, 2.45) is 0 Å². The molecule has 0 bridgehead atoms. The molecule has 0 aliphatic rings. The molecule has 86 valence electrons. The van der Waals surface area contributed by atoms with Gasteiger partial charge in [-0.3, -0.25) is 0 Å². The molecule has 1 aromatic heterocycles. The van der Waals surface area contributed by atoms with Crippen molar-refractivity contribution in [3.8, 4) is 0 Å². The van der Waals surface area contributed by atoms with Crippen molar-refractivity contribution in [3.05, 3.63) is 29.5 Å². The fourth-order valence-corrected chi connectivity index (χ4v) is 1.75. The van der Waals surface area contributed by atoms with E-state index in [1.807, 2.05) is 7.05 Å². The predicted molar refractivity (Wildman–Crippen MR) is 65.5 cm³/mol. The van der Waals surface area contributed by atoms with E-state index in [0.717, 1.165) is 23.2 Å². The highest BCUT2D eigenvalue weighted by atomic mass is 16.5. The molecule has 0 aliphatic heterocycles. The van der Waals surface area contributed by atoms with Gasteiger partial charge in [0.2, 0.25) is 0 Å². The number of fused-ring (bicyclic) bond motifs is 1. The average molecular weight is 218 g/mol. The molecule has 0 unspecified atom stereocenters. The zero-order valence-electron chi connectivity index (χ0n) is 10.3. The summed E-state index contributed by atoms with van der Waals surface area (Å²) >= 11 is 0. The molecule has 0 saturated carbocycles. The van der Waals surface area contributed by atoms with Crippen LogP contribution in [0.5, 0.6) is 0 Å². The third-order valence-corrected chi connectivity index (χ3v) is 2.76. The van der Waals surface area contributed by atoms with E-state index in [1.165, 1.54) is 5.56 Å². The van der Waals surface area contributed by atoms with Crippen LogP contribution in [0.1, 0.15) is 32.0 Å². The maximum Gasteiger partial charge on any atom is 0.167 e. The van der Waals surface area contributed by atoms with E-state index in [4.69, 9.17) is 4.52 Å². The normalized spacial score (nSPS) is 12.2. The predicted octanol–water partition coefficient (Wildman–Crippen LogP) is 2.84. The minimum absolute atomic E-state index is 0.143. The van der Waals surface area contributed by atoms with Gasteiger partial charge in [0.25, 0.3) is 0 Å². The SMILES string of the molecule is CNCc1noc2cc(C(C)(C)C)ccc12. The van der Waals surface area contributed by atoms with E-state index in [9.17, 15) is 0 Å². The van der Waals surface area contributed by atoms with Crippen molar-refractivity contribution in [1.29, 1.82) is 0 Å². The number of benzene rings is 1. The summed E-state index contributed by atoms with van der Waals surface area (Å²) in [7, 11) is 1.91. The van der Waals surface area contributed by atoms with E-state index >= 15 is 0 Å². The van der Waals surface area contributed by atoms with Gasteiger partial charge in [-0.15, -0.1) is 0 Å². The van der Waals surface area contributed by atoms with E-state index in [1.54, 1.807) is 0 Å². The Bertz CT molecular complexity index is 494. The molecule has 0 amide bonds. The van der Waals surface area contributed by atoms with Gasteiger partial charge in [-0.25, -0.2) is 0 Å². The van der Waals surface area contributed by atoms with E-state index in [0.29, 0.717) is 0 Å². The van der Waals surface area contributed by atoms with Gasteiger partial charge in [-0.1, -0.05) is 32.0 Å². The lowest BCUT2D eigenvalue weighted by Crippen LogP contribution is -2.10. The van der Waals surface area contributed by atoms with Gasteiger partial charge >= 0.3 is 0 Å². The summed E-state index contributed by atoms with van der Waals surface area (Å²) < 4.78 is 5.35. The van der Waals surface area contributed by atoms with Crippen molar-refractivity contribution in [2.75, 3.05) is 7.05 Å². The number of hydrogen-bond acceptors (Lipinski definition) is 3. The van der Waals surface area contributed by atoms with Gasteiger partial charge in [0.05, 0.1) is 0 Å². The molecule has 2 aromatic rings. The minimum atomic E-state index is 0.143. The number of nitrogens with zero attached hydrogens (tertiary/aromatic N) is 1. The Morgan fingerprint density at radius 1 is 1.31 bits per heavy atom. The number of hydrogen-bond donors (Lipinski definition) is 1. The molecule has 0 aliphatic carbocycles. The first kappa shape index (κ1) is 11.1. The first-order valence-electron chi connectivity index (χ1n) is 5.56. The maximum absolute atomic E-state index is 5.35. The number of nitrogens with one attached hydrogen (secondary N) is 1. The van der Waals surface area contributed by atoms with Gasteiger partial charge in [0, 0.05) is 11.9 Å². The summed E-state index contributed by atoms with van der Waals surface area (Å²) in [5, 5.41) is 8.25. The maximum atomic E-state index is 5.35. The smallest absolute Gasteiger partial charge is 0.167 e. The van der Waals surface area contributed by atoms with Crippen LogP contribution >= 0.6 is 0 Å². The molecule has 0 atom stereocenters. The molecule has 2 rings (SSSR count). The Morgan fingerprint density at radius 2 is 2.06 bits per heavy atom. The first-order valence-corrected chi connectivity index (χ1v) is 5.56. The van der Waals surface area contributed by atoms with Crippen molar-refractivity contribution in [2.45, 2.75) is 32.7 Å². The summed E-state index contributed by atoms with van der Waals surface area (Å²) in [6.07, 6.45) is 0. The Morgan fingerprint density at radius 3 is 2.69 bits per heavy atom.